The maximum atomic E-state index is 11.6. The highest BCUT2D eigenvalue weighted by Gasteiger charge is 2.34. The number of cyclic esters (lactones) is 1. The van der Waals surface area contributed by atoms with Gasteiger partial charge >= 0.3 is 11.9 Å². The van der Waals surface area contributed by atoms with E-state index in [-0.39, 0.29) is 25.0 Å². The summed E-state index contributed by atoms with van der Waals surface area (Å²) in [5.74, 6) is -0.571. The van der Waals surface area contributed by atoms with Crippen molar-refractivity contribution in [3.8, 4) is 0 Å². The zero-order valence-electron chi connectivity index (χ0n) is 8.21. The summed E-state index contributed by atoms with van der Waals surface area (Å²) in [6.45, 7) is 3.93. The maximum absolute atomic E-state index is 11.6. The standard InChI is InChI=1S/C9H13IO4/c1-3-9(2,10)8(12)14-6-4-7(11)13-5-6/h6H,3-5H2,1-2H3/t6?,9-/m0/s1. The third kappa shape index (κ3) is 2.83. The summed E-state index contributed by atoms with van der Waals surface area (Å²) in [4.78, 5) is 22.3. The molecule has 0 spiro atoms. The number of ether oxygens (including phenoxy) is 2. The third-order valence-corrected chi connectivity index (χ3v) is 3.39. The first kappa shape index (κ1) is 11.7. The molecule has 5 heteroatoms. The van der Waals surface area contributed by atoms with Crippen LogP contribution in [-0.2, 0) is 19.1 Å². The molecule has 80 valence electrons. The summed E-state index contributed by atoms with van der Waals surface area (Å²) in [5, 5.41) is 0. The molecule has 0 N–H and O–H groups in total. The van der Waals surface area contributed by atoms with Gasteiger partial charge in [-0.15, -0.1) is 0 Å². The number of hydrogen-bond acceptors (Lipinski definition) is 4. The average Bonchev–Trinajstić information content (AvgIpc) is 2.51. The van der Waals surface area contributed by atoms with Crippen molar-refractivity contribution in [2.24, 2.45) is 0 Å². The molecule has 1 saturated heterocycles. The summed E-state index contributed by atoms with van der Waals surface area (Å²) < 4.78 is 9.33. The molecule has 1 fully saturated rings. The van der Waals surface area contributed by atoms with Crippen LogP contribution in [0.4, 0.5) is 0 Å². The second kappa shape index (κ2) is 4.46. The lowest BCUT2D eigenvalue weighted by Gasteiger charge is -2.20. The zero-order chi connectivity index (χ0) is 10.8. The van der Waals surface area contributed by atoms with E-state index < -0.39 is 9.53 Å². The normalized spacial score (nSPS) is 25.4. The molecule has 14 heavy (non-hydrogen) atoms. The number of rotatable bonds is 3. The molecule has 1 unspecified atom stereocenters. The van der Waals surface area contributed by atoms with E-state index in [1.807, 2.05) is 13.8 Å². The van der Waals surface area contributed by atoms with Crippen LogP contribution < -0.4 is 0 Å². The number of hydrogen-bond donors (Lipinski definition) is 0. The number of carbonyl (C=O) groups excluding carboxylic acids is 2. The van der Waals surface area contributed by atoms with Gasteiger partial charge in [-0.2, -0.15) is 0 Å². The molecule has 1 heterocycles. The number of alkyl halides is 1. The van der Waals surface area contributed by atoms with Gasteiger partial charge in [-0.1, -0.05) is 29.5 Å². The Kier molecular flexibility index (Phi) is 3.74. The fourth-order valence-corrected chi connectivity index (χ4v) is 1.11. The summed E-state index contributed by atoms with van der Waals surface area (Å²) >= 11 is 2.06. The smallest absolute Gasteiger partial charge is 0.322 e. The Morgan fingerprint density at radius 3 is 2.86 bits per heavy atom. The quantitative estimate of drug-likeness (QED) is 0.450. The third-order valence-electron chi connectivity index (χ3n) is 2.19. The molecule has 0 aromatic carbocycles. The monoisotopic (exact) mass is 312 g/mol. The predicted octanol–water partition coefficient (Wildman–Crippen LogP) is 1.45. The molecule has 0 saturated carbocycles. The Morgan fingerprint density at radius 2 is 2.43 bits per heavy atom. The van der Waals surface area contributed by atoms with E-state index in [4.69, 9.17) is 9.47 Å². The van der Waals surface area contributed by atoms with Gasteiger partial charge in [0, 0.05) is 0 Å². The molecule has 4 nitrogen and oxygen atoms in total. The highest BCUT2D eigenvalue weighted by molar-refractivity contribution is 14.1. The molecule has 0 bridgehead atoms. The average molecular weight is 312 g/mol. The van der Waals surface area contributed by atoms with Gasteiger partial charge in [0.1, 0.15) is 16.1 Å². The molecular formula is C9H13IO4. The van der Waals surface area contributed by atoms with E-state index >= 15 is 0 Å². The first-order chi connectivity index (χ1) is 6.45. The number of carbonyl (C=O) groups is 2. The molecule has 0 aromatic rings. The van der Waals surface area contributed by atoms with Crippen LogP contribution >= 0.6 is 22.6 Å². The SMILES string of the molecule is CC[C@](C)(I)C(=O)OC1COC(=O)C1. The van der Waals surface area contributed by atoms with E-state index in [2.05, 4.69) is 22.6 Å². The second-order valence-electron chi connectivity index (χ2n) is 3.47. The minimum Gasteiger partial charge on any atom is -0.462 e. The van der Waals surface area contributed by atoms with Gasteiger partial charge in [-0.3, -0.25) is 9.59 Å². The molecule has 2 atom stereocenters. The maximum Gasteiger partial charge on any atom is 0.322 e. The van der Waals surface area contributed by atoms with Crippen molar-refractivity contribution in [2.75, 3.05) is 6.61 Å². The topological polar surface area (TPSA) is 52.6 Å². The summed E-state index contributed by atoms with van der Waals surface area (Å²) in [6.07, 6.45) is 0.492. The largest absolute Gasteiger partial charge is 0.462 e. The van der Waals surface area contributed by atoms with Gasteiger partial charge < -0.3 is 9.47 Å². The number of halogens is 1. The van der Waals surface area contributed by atoms with Crippen LogP contribution in [0.3, 0.4) is 0 Å². The molecule has 1 aliphatic rings. The van der Waals surface area contributed by atoms with Crippen LogP contribution in [-0.4, -0.2) is 28.1 Å². The van der Waals surface area contributed by atoms with Crippen LogP contribution in [0.1, 0.15) is 26.7 Å². The Bertz CT molecular complexity index is 249. The van der Waals surface area contributed by atoms with E-state index in [9.17, 15) is 9.59 Å². The first-order valence-electron chi connectivity index (χ1n) is 4.51. The predicted molar refractivity (Wildman–Crippen MR) is 58.2 cm³/mol. The lowest BCUT2D eigenvalue weighted by atomic mass is 10.1. The summed E-state index contributed by atoms with van der Waals surface area (Å²) in [7, 11) is 0. The van der Waals surface area contributed by atoms with Gasteiger partial charge in [0.2, 0.25) is 0 Å². The molecule has 0 radical (unpaired) electrons. The van der Waals surface area contributed by atoms with Gasteiger partial charge in [-0.25, -0.2) is 0 Å². The van der Waals surface area contributed by atoms with E-state index in [1.54, 1.807) is 0 Å². The lowest BCUT2D eigenvalue weighted by Crippen LogP contribution is -2.33. The van der Waals surface area contributed by atoms with Gasteiger partial charge in [0.25, 0.3) is 0 Å². The fourth-order valence-electron chi connectivity index (χ4n) is 0.984. The van der Waals surface area contributed by atoms with E-state index in [1.165, 1.54) is 0 Å². The summed E-state index contributed by atoms with van der Waals surface area (Å²) in [5.41, 5.74) is 0. The van der Waals surface area contributed by atoms with Crippen molar-refractivity contribution < 1.29 is 19.1 Å². The molecule has 1 aliphatic heterocycles. The highest BCUT2D eigenvalue weighted by Crippen LogP contribution is 2.25. The van der Waals surface area contributed by atoms with Crippen LogP contribution in [0, 0.1) is 0 Å². The van der Waals surface area contributed by atoms with Crippen molar-refractivity contribution in [3.63, 3.8) is 0 Å². The van der Waals surface area contributed by atoms with Crippen molar-refractivity contribution in [1.29, 1.82) is 0 Å². The highest BCUT2D eigenvalue weighted by atomic mass is 127. The van der Waals surface area contributed by atoms with Gasteiger partial charge in [0.15, 0.2) is 0 Å². The second-order valence-corrected chi connectivity index (χ2v) is 5.85. The van der Waals surface area contributed by atoms with E-state index in [0.717, 1.165) is 0 Å². The minimum atomic E-state index is -0.511. The van der Waals surface area contributed by atoms with Crippen LogP contribution in [0.2, 0.25) is 0 Å². The van der Waals surface area contributed by atoms with Crippen molar-refractivity contribution in [2.45, 2.75) is 36.2 Å². The van der Waals surface area contributed by atoms with Crippen LogP contribution in [0.25, 0.3) is 0 Å². The molecule has 0 aliphatic carbocycles. The van der Waals surface area contributed by atoms with Crippen LogP contribution in [0.5, 0.6) is 0 Å². The fraction of sp³-hybridized carbons (Fsp3) is 0.778. The van der Waals surface area contributed by atoms with Crippen molar-refractivity contribution in [3.05, 3.63) is 0 Å². The molecular weight excluding hydrogens is 299 g/mol. The Hall–Kier alpha value is -0.330. The molecule has 0 aromatic heterocycles. The Balaban J connectivity index is 2.45. The molecule has 0 amide bonds. The van der Waals surface area contributed by atoms with Gasteiger partial charge in [0.05, 0.1) is 6.42 Å². The summed E-state index contributed by atoms with van der Waals surface area (Å²) in [6, 6.07) is 0. The number of esters is 2. The zero-order valence-corrected chi connectivity index (χ0v) is 10.4. The minimum absolute atomic E-state index is 0.183. The van der Waals surface area contributed by atoms with Crippen molar-refractivity contribution >= 4 is 34.5 Å². The van der Waals surface area contributed by atoms with Crippen molar-refractivity contribution in [1.82, 2.24) is 0 Å². The Morgan fingerprint density at radius 1 is 1.79 bits per heavy atom. The van der Waals surface area contributed by atoms with Crippen LogP contribution in [0.15, 0.2) is 0 Å². The first-order valence-corrected chi connectivity index (χ1v) is 5.59. The van der Waals surface area contributed by atoms with E-state index in [0.29, 0.717) is 6.42 Å². The molecule has 1 rings (SSSR count). The van der Waals surface area contributed by atoms with Gasteiger partial charge in [-0.05, 0) is 13.3 Å². The lowest BCUT2D eigenvalue weighted by molar-refractivity contribution is -0.151. The Labute approximate surface area is 96.5 Å².